The summed E-state index contributed by atoms with van der Waals surface area (Å²) in [5.74, 6) is -1.53. The van der Waals surface area contributed by atoms with Crippen LogP contribution in [0, 0.1) is 10.1 Å². The predicted octanol–water partition coefficient (Wildman–Crippen LogP) is 3.67. The normalized spacial score (nSPS) is 12.3. The van der Waals surface area contributed by atoms with Crippen molar-refractivity contribution in [2.24, 2.45) is 0 Å². The lowest BCUT2D eigenvalue weighted by atomic mass is 10.1. The van der Waals surface area contributed by atoms with Crippen LogP contribution < -0.4 is 10.6 Å². The minimum atomic E-state index is -1.25. The molecule has 11 heteroatoms. The number of nitrogens with zero attached hydrogens (tertiary/aromatic N) is 1. The molecular formula is C21H22ClN3O6S. The molecule has 32 heavy (non-hydrogen) atoms. The number of para-hydroxylation sites is 2. The fourth-order valence-electron chi connectivity index (χ4n) is 2.65. The maximum absolute atomic E-state index is 12.7. The lowest BCUT2D eigenvalue weighted by Gasteiger charge is -2.20. The van der Waals surface area contributed by atoms with Crippen molar-refractivity contribution in [2.75, 3.05) is 17.3 Å². The summed E-state index contributed by atoms with van der Waals surface area (Å²) in [4.78, 5) is 48.1. The van der Waals surface area contributed by atoms with Gasteiger partial charge in [-0.3, -0.25) is 19.7 Å². The smallest absolute Gasteiger partial charge is 0.329 e. The summed E-state index contributed by atoms with van der Waals surface area (Å²) < 4.78 is 5.23. The number of rotatable bonds is 10. The van der Waals surface area contributed by atoms with Crippen molar-refractivity contribution >= 4 is 52.5 Å². The number of carbonyl (C=O) groups excluding carboxylic acids is 3. The highest BCUT2D eigenvalue weighted by Crippen LogP contribution is 2.23. The molecule has 0 bridgehead atoms. The molecule has 0 aromatic heterocycles. The number of carbonyl (C=O) groups is 3. The number of hydrogen-bond acceptors (Lipinski definition) is 7. The Morgan fingerprint density at radius 3 is 2.47 bits per heavy atom. The Bertz CT molecular complexity index is 1000. The Kier molecular flexibility index (Phi) is 9.48. The summed E-state index contributed by atoms with van der Waals surface area (Å²) in [5.41, 5.74) is -0.0983. The van der Waals surface area contributed by atoms with E-state index >= 15 is 0 Å². The van der Waals surface area contributed by atoms with Crippen LogP contribution in [0.25, 0.3) is 0 Å². The number of esters is 1. The maximum Gasteiger partial charge on any atom is 0.329 e. The number of ether oxygens (including phenoxy) is 1. The third kappa shape index (κ3) is 6.96. The largest absolute Gasteiger partial charge is 0.451 e. The molecule has 0 saturated carbocycles. The van der Waals surface area contributed by atoms with Crippen molar-refractivity contribution in [3.63, 3.8) is 0 Å². The summed E-state index contributed by atoms with van der Waals surface area (Å²) in [7, 11) is 0. The van der Waals surface area contributed by atoms with Gasteiger partial charge in [0.2, 0.25) is 0 Å². The van der Waals surface area contributed by atoms with Crippen molar-refractivity contribution in [3.05, 3.63) is 69.2 Å². The molecule has 2 aromatic rings. The van der Waals surface area contributed by atoms with E-state index in [0.29, 0.717) is 5.75 Å². The van der Waals surface area contributed by atoms with Crippen LogP contribution in [0.5, 0.6) is 0 Å². The Labute approximate surface area is 194 Å². The van der Waals surface area contributed by atoms with Gasteiger partial charge in [-0.1, -0.05) is 35.9 Å². The van der Waals surface area contributed by atoms with Gasteiger partial charge >= 0.3 is 5.97 Å². The molecule has 2 amide bonds. The quantitative estimate of drug-likeness (QED) is 0.302. The predicted molar refractivity (Wildman–Crippen MR) is 123 cm³/mol. The molecule has 2 N–H and O–H groups in total. The molecule has 2 atom stereocenters. The molecule has 2 aromatic carbocycles. The molecule has 2 rings (SSSR count). The molecule has 0 aliphatic rings. The highest BCUT2D eigenvalue weighted by Gasteiger charge is 2.28. The van der Waals surface area contributed by atoms with Gasteiger partial charge in [-0.05, 0) is 43.6 Å². The molecule has 0 saturated heterocycles. The van der Waals surface area contributed by atoms with Crippen LogP contribution in [-0.4, -0.2) is 46.9 Å². The topological polar surface area (TPSA) is 128 Å². The molecule has 0 fully saturated rings. The van der Waals surface area contributed by atoms with Crippen molar-refractivity contribution in [3.8, 4) is 0 Å². The second-order valence-corrected chi connectivity index (χ2v) is 8.02. The Hall–Kier alpha value is -3.11. The number of halogens is 1. The van der Waals surface area contributed by atoms with Gasteiger partial charge in [0.1, 0.15) is 11.7 Å². The summed E-state index contributed by atoms with van der Waals surface area (Å²) in [5, 5.41) is 16.3. The molecule has 2 unspecified atom stereocenters. The summed E-state index contributed by atoms with van der Waals surface area (Å²) >= 11 is 7.52. The number of anilines is 1. The zero-order valence-electron chi connectivity index (χ0n) is 17.4. The maximum atomic E-state index is 12.7. The van der Waals surface area contributed by atoms with Crippen LogP contribution in [-0.2, 0) is 14.3 Å². The minimum Gasteiger partial charge on any atom is -0.451 e. The fourth-order valence-corrected chi connectivity index (χ4v) is 3.34. The van der Waals surface area contributed by atoms with E-state index in [2.05, 4.69) is 10.6 Å². The van der Waals surface area contributed by atoms with E-state index < -0.39 is 34.9 Å². The van der Waals surface area contributed by atoms with Crippen LogP contribution in [0.3, 0.4) is 0 Å². The summed E-state index contributed by atoms with van der Waals surface area (Å²) in [6.45, 7) is 1.34. The van der Waals surface area contributed by atoms with Crippen molar-refractivity contribution in [2.45, 2.75) is 25.5 Å². The standard InChI is InChI=1S/C21H22ClN3O6S/c1-13(19(26)23-16-9-5-6-10-18(16)25(29)30)31-21(28)17(11-12-32-2)24-20(27)14-7-3-4-8-15(14)22/h3-10,13,17H,11-12H2,1-2H3,(H,23,26)(H,24,27). The molecular weight excluding hydrogens is 458 g/mol. The first kappa shape index (κ1) is 25.2. The molecule has 9 nitrogen and oxygen atoms in total. The van der Waals surface area contributed by atoms with Crippen molar-refractivity contribution in [1.82, 2.24) is 5.32 Å². The molecule has 0 aliphatic carbocycles. The van der Waals surface area contributed by atoms with Gasteiger partial charge in [-0.25, -0.2) is 4.79 Å². The van der Waals surface area contributed by atoms with Gasteiger partial charge in [0, 0.05) is 6.07 Å². The number of thioether (sulfide) groups is 1. The molecule has 0 aliphatic heterocycles. The van der Waals surface area contributed by atoms with E-state index in [1.54, 1.807) is 18.2 Å². The Balaban J connectivity index is 2.06. The van der Waals surface area contributed by atoms with Gasteiger partial charge in [-0.15, -0.1) is 0 Å². The van der Waals surface area contributed by atoms with E-state index in [1.165, 1.54) is 49.0 Å². The minimum absolute atomic E-state index is 0.0173. The number of amides is 2. The van der Waals surface area contributed by atoms with Crippen molar-refractivity contribution in [1.29, 1.82) is 0 Å². The summed E-state index contributed by atoms with van der Waals surface area (Å²) in [6.07, 6.45) is 0.867. The van der Waals surface area contributed by atoms with Gasteiger partial charge < -0.3 is 15.4 Å². The highest BCUT2D eigenvalue weighted by molar-refractivity contribution is 7.98. The number of nitro groups is 1. The molecule has 0 radical (unpaired) electrons. The van der Waals surface area contributed by atoms with E-state index in [4.69, 9.17) is 16.3 Å². The van der Waals surface area contributed by atoms with E-state index in [9.17, 15) is 24.5 Å². The van der Waals surface area contributed by atoms with Crippen LogP contribution >= 0.6 is 23.4 Å². The van der Waals surface area contributed by atoms with Crippen molar-refractivity contribution < 1.29 is 24.0 Å². The lowest BCUT2D eigenvalue weighted by Crippen LogP contribution is -2.44. The van der Waals surface area contributed by atoms with E-state index in [-0.39, 0.29) is 28.4 Å². The Morgan fingerprint density at radius 2 is 1.81 bits per heavy atom. The second-order valence-electron chi connectivity index (χ2n) is 6.63. The average Bonchev–Trinajstić information content (AvgIpc) is 2.76. The number of hydrogen-bond donors (Lipinski definition) is 2. The van der Waals surface area contributed by atoms with Crippen LogP contribution in [0.1, 0.15) is 23.7 Å². The first-order valence-electron chi connectivity index (χ1n) is 9.53. The number of nitro benzene ring substituents is 1. The zero-order valence-corrected chi connectivity index (χ0v) is 18.9. The fraction of sp³-hybridized carbons (Fsp3) is 0.286. The SMILES string of the molecule is CSCCC(NC(=O)c1ccccc1Cl)C(=O)OC(C)C(=O)Nc1ccccc1[N+](=O)[O-]. The van der Waals surface area contributed by atoms with Gasteiger partial charge in [0.05, 0.1) is 15.5 Å². The second kappa shape index (κ2) is 12.1. The van der Waals surface area contributed by atoms with Gasteiger partial charge in [0.15, 0.2) is 6.10 Å². The molecule has 0 heterocycles. The van der Waals surface area contributed by atoms with Crippen LogP contribution in [0.2, 0.25) is 5.02 Å². The van der Waals surface area contributed by atoms with Crippen LogP contribution in [0.15, 0.2) is 48.5 Å². The Morgan fingerprint density at radius 1 is 1.16 bits per heavy atom. The molecule has 0 spiro atoms. The number of nitrogens with one attached hydrogen (secondary N) is 2. The lowest BCUT2D eigenvalue weighted by molar-refractivity contribution is -0.383. The zero-order chi connectivity index (χ0) is 23.7. The van der Waals surface area contributed by atoms with E-state index in [0.717, 1.165) is 0 Å². The van der Waals surface area contributed by atoms with Gasteiger partial charge in [-0.2, -0.15) is 11.8 Å². The number of benzene rings is 2. The third-order valence-corrected chi connectivity index (χ3v) is 5.31. The van der Waals surface area contributed by atoms with Gasteiger partial charge in [0.25, 0.3) is 17.5 Å². The van der Waals surface area contributed by atoms with E-state index in [1.807, 2.05) is 6.26 Å². The highest BCUT2D eigenvalue weighted by atomic mass is 35.5. The van der Waals surface area contributed by atoms with Crippen LogP contribution in [0.4, 0.5) is 11.4 Å². The first-order chi connectivity index (χ1) is 15.2. The average molecular weight is 480 g/mol. The monoisotopic (exact) mass is 479 g/mol. The first-order valence-corrected chi connectivity index (χ1v) is 11.3. The third-order valence-electron chi connectivity index (χ3n) is 4.34. The molecule has 170 valence electrons. The summed E-state index contributed by atoms with van der Waals surface area (Å²) in [6, 6.07) is 11.0.